The minimum atomic E-state index is -3.43. The van der Waals surface area contributed by atoms with Gasteiger partial charge in [0.05, 0.1) is 4.90 Å². The molecule has 0 spiro atoms. The molecule has 7 heteroatoms. The molecule has 1 amide bonds. The molecule has 2 aromatic rings. The van der Waals surface area contributed by atoms with Crippen LogP contribution >= 0.6 is 0 Å². The van der Waals surface area contributed by atoms with Crippen LogP contribution in [0.25, 0.3) is 0 Å². The van der Waals surface area contributed by atoms with Crippen LogP contribution < -0.4 is 5.32 Å². The van der Waals surface area contributed by atoms with E-state index in [1.807, 2.05) is 12.1 Å². The van der Waals surface area contributed by atoms with Crippen molar-refractivity contribution in [2.24, 2.45) is 5.92 Å². The zero-order valence-corrected chi connectivity index (χ0v) is 15.4. The Morgan fingerprint density at radius 3 is 2.50 bits per heavy atom. The van der Waals surface area contributed by atoms with Crippen molar-refractivity contribution < 1.29 is 13.2 Å². The van der Waals surface area contributed by atoms with E-state index in [2.05, 4.69) is 10.3 Å². The summed E-state index contributed by atoms with van der Waals surface area (Å²) < 4.78 is 26.8. The third-order valence-electron chi connectivity index (χ3n) is 4.64. The lowest BCUT2D eigenvalue weighted by Gasteiger charge is -2.31. The summed E-state index contributed by atoms with van der Waals surface area (Å²) >= 11 is 0. The monoisotopic (exact) mass is 373 g/mol. The van der Waals surface area contributed by atoms with Crippen LogP contribution in [0.15, 0.2) is 59.8 Å². The highest BCUT2D eigenvalue weighted by Crippen LogP contribution is 2.25. The Hall–Kier alpha value is -2.25. The van der Waals surface area contributed by atoms with Crippen molar-refractivity contribution in [3.63, 3.8) is 0 Å². The Balaban J connectivity index is 1.47. The van der Waals surface area contributed by atoms with Crippen LogP contribution in [0.1, 0.15) is 24.8 Å². The molecule has 0 aliphatic carbocycles. The number of benzene rings is 1. The summed E-state index contributed by atoms with van der Waals surface area (Å²) in [6, 6.07) is 12.2. The minimum absolute atomic E-state index is 0.00165. The van der Waals surface area contributed by atoms with Gasteiger partial charge in [0.15, 0.2) is 0 Å². The summed E-state index contributed by atoms with van der Waals surface area (Å²) in [5.74, 6) is 0.212. The van der Waals surface area contributed by atoms with Crippen molar-refractivity contribution in [3.8, 4) is 0 Å². The third kappa shape index (κ3) is 4.68. The second-order valence-electron chi connectivity index (χ2n) is 6.50. The average Bonchev–Trinajstić information content (AvgIpc) is 2.68. The van der Waals surface area contributed by atoms with Crippen molar-refractivity contribution in [1.29, 1.82) is 0 Å². The molecule has 6 nitrogen and oxygen atoms in total. The van der Waals surface area contributed by atoms with E-state index in [0.29, 0.717) is 43.8 Å². The number of piperidine rings is 1. The molecule has 138 valence electrons. The maximum absolute atomic E-state index is 12.6. The summed E-state index contributed by atoms with van der Waals surface area (Å²) in [4.78, 5) is 16.5. The van der Waals surface area contributed by atoms with Gasteiger partial charge in [-0.3, -0.25) is 9.78 Å². The van der Waals surface area contributed by atoms with Crippen LogP contribution in [0, 0.1) is 5.92 Å². The van der Waals surface area contributed by atoms with Gasteiger partial charge in [0.2, 0.25) is 15.9 Å². The Bertz CT molecular complexity index is 818. The van der Waals surface area contributed by atoms with Crippen LogP contribution in [0.4, 0.5) is 0 Å². The molecule has 2 heterocycles. The summed E-state index contributed by atoms with van der Waals surface area (Å²) in [6.45, 7) is 1.38. The van der Waals surface area contributed by atoms with Gasteiger partial charge in [-0.15, -0.1) is 0 Å². The van der Waals surface area contributed by atoms with Crippen LogP contribution in [0.2, 0.25) is 0 Å². The third-order valence-corrected chi connectivity index (χ3v) is 6.55. The number of hydrogen-bond acceptors (Lipinski definition) is 4. The van der Waals surface area contributed by atoms with E-state index in [4.69, 9.17) is 0 Å². The number of nitrogens with zero attached hydrogens (tertiary/aromatic N) is 2. The normalized spacial score (nSPS) is 16.3. The van der Waals surface area contributed by atoms with E-state index in [1.165, 1.54) is 4.31 Å². The van der Waals surface area contributed by atoms with Gasteiger partial charge in [-0.25, -0.2) is 8.42 Å². The first-order valence-electron chi connectivity index (χ1n) is 8.76. The van der Waals surface area contributed by atoms with E-state index >= 15 is 0 Å². The second-order valence-corrected chi connectivity index (χ2v) is 8.44. The summed E-state index contributed by atoms with van der Waals surface area (Å²) in [7, 11) is -3.43. The van der Waals surface area contributed by atoms with Crippen molar-refractivity contribution in [1.82, 2.24) is 14.6 Å². The van der Waals surface area contributed by atoms with Gasteiger partial charge >= 0.3 is 0 Å². The molecule has 1 fully saturated rings. The fraction of sp³-hybridized carbons (Fsp3) is 0.368. The fourth-order valence-electron chi connectivity index (χ4n) is 3.13. The number of pyridine rings is 1. The van der Waals surface area contributed by atoms with Gasteiger partial charge in [0.25, 0.3) is 0 Å². The lowest BCUT2D eigenvalue weighted by Crippen LogP contribution is -2.39. The van der Waals surface area contributed by atoms with Crippen LogP contribution in [-0.4, -0.2) is 36.7 Å². The highest BCUT2D eigenvalue weighted by Gasteiger charge is 2.29. The molecule has 0 unspecified atom stereocenters. The number of nitrogens with one attached hydrogen (secondary N) is 1. The number of amides is 1. The maximum atomic E-state index is 12.6. The van der Waals surface area contributed by atoms with Gasteiger partial charge in [0.1, 0.15) is 0 Å². The summed E-state index contributed by atoms with van der Waals surface area (Å²) in [5.41, 5.74) is 0.963. The molecule has 1 aliphatic heterocycles. The topological polar surface area (TPSA) is 79.4 Å². The zero-order valence-electron chi connectivity index (χ0n) is 14.5. The number of aromatic nitrogens is 1. The number of carbonyl (C=O) groups excluding carboxylic acids is 1. The smallest absolute Gasteiger partial charge is 0.243 e. The number of rotatable bonds is 6. The zero-order chi connectivity index (χ0) is 18.4. The van der Waals surface area contributed by atoms with Gasteiger partial charge in [-0.1, -0.05) is 24.3 Å². The highest BCUT2D eigenvalue weighted by molar-refractivity contribution is 7.89. The molecule has 26 heavy (non-hydrogen) atoms. The first-order valence-corrected chi connectivity index (χ1v) is 10.2. The molecule has 1 saturated heterocycles. The van der Waals surface area contributed by atoms with Crippen LogP contribution in [0.5, 0.6) is 0 Å². The second kappa shape index (κ2) is 8.42. The highest BCUT2D eigenvalue weighted by atomic mass is 32.2. The van der Waals surface area contributed by atoms with Gasteiger partial charge < -0.3 is 5.32 Å². The lowest BCUT2D eigenvalue weighted by molar-refractivity contribution is -0.122. The Morgan fingerprint density at radius 1 is 1.12 bits per heavy atom. The average molecular weight is 373 g/mol. The van der Waals surface area contributed by atoms with Crippen molar-refractivity contribution in [2.45, 2.75) is 30.7 Å². The molecule has 1 N–H and O–H groups in total. The van der Waals surface area contributed by atoms with Gasteiger partial charge in [-0.05, 0) is 42.5 Å². The molecule has 0 saturated carbocycles. The largest absolute Gasteiger partial charge is 0.352 e. The van der Waals surface area contributed by atoms with Crippen molar-refractivity contribution in [3.05, 3.63) is 60.4 Å². The fourth-order valence-corrected chi connectivity index (χ4v) is 4.62. The maximum Gasteiger partial charge on any atom is 0.243 e. The molecule has 0 atom stereocenters. The Kier molecular flexibility index (Phi) is 6.00. The number of sulfonamides is 1. The molecule has 1 aromatic heterocycles. The van der Waals surface area contributed by atoms with Crippen LogP contribution in [0.3, 0.4) is 0 Å². The van der Waals surface area contributed by atoms with Gasteiger partial charge in [0, 0.05) is 38.4 Å². The molecule has 1 aromatic carbocycles. The van der Waals surface area contributed by atoms with E-state index in [9.17, 15) is 13.2 Å². The molecule has 0 bridgehead atoms. The Labute approximate surface area is 154 Å². The quantitative estimate of drug-likeness (QED) is 0.842. The Morgan fingerprint density at radius 2 is 1.85 bits per heavy atom. The summed E-state index contributed by atoms with van der Waals surface area (Å²) in [5, 5.41) is 2.90. The predicted molar refractivity (Wildman–Crippen MR) is 98.6 cm³/mol. The minimum Gasteiger partial charge on any atom is -0.352 e. The standard InChI is InChI=1S/C19H23N3O3S/c23-19(21-15-17-5-4-10-20-14-17)13-16-8-11-22(12-9-16)26(24,25)18-6-2-1-3-7-18/h1-7,10,14,16H,8-9,11-13,15H2,(H,21,23). The van der Waals surface area contributed by atoms with E-state index in [-0.39, 0.29) is 11.8 Å². The van der Waals surface area contributed by atoms with Crippen molar-refractivity contribution in [2.75, 3.05) is 13.1 Å². The number of carbonyl (C=O) groups is 1. The molecule has 3 rings (SSSR count). The lowest BCUT2D eigenvalue weighted by atomic mass is 9.94. The SMILES string of the molecule is O=C(CC1CCN(S(=O)(=O)c2ccccc2)CC1)NCc1cccnc1. The van der Waals surface area contributed by atoms with Gasteiger partial charge in [-0.2, -0.15) is 4.31 Å². The van der Waals surface area contributed by atoms with Crippen molar-refractivity contribution >= 4 is 15.9 Å². The predicted octanol–water partition coefficient (Wildman–Crippen LogP) is 2.19. The van der Waals surface area contributed by atoms with Crippen LogP contribution in [-0.2, 0) is 21.4 Å². The number of hydrogen-bond donors (Lipinski definition) is 1. The first-order chi connectivity index (χ1) is 12.6. The molecular formula is C19H23N3O3S. The summed E-state index contributed by atoms with van der Waals surface area (Å²) in [6.07, 6.45) is 5.26. The molecule has 1 aliphatic rings. The van der Waals surface area contributed by atoms with E-state index in [0.717, 1.165) is 5.56 Å². The van der Waals surface area contributed by atoms with E-state index < -0.39 is 10.0 Å². The first kappa shape index (κ1) is 18.5. The molecule has 0 radical (unpaired) electrons. The van der Waals surface area contributed by atoms with E-state index in [1.54, 1.807) is 42.7 Å². The molecular weight excluding hydrogens is 350 g/mol.